The molecule has 9 nitrogen and oxygen atoms in total. The maximum atomic E-state index is 12.7. The number of thiophene rings is 2. The van der Waals surface area contributed by atoms with Gasteiger partial charge in [0.1, 0.15) is 14.8 Å². The summed E-state index contributed by atoms with van der Waals surface area (Å²) in [7, 11) is -3.90. The van der Waals surface area contributed by atoms with Gasteiger partial charge >= 0.3 is 11.9 Å². The number of carbonyl (C=O) groups excluding carboxylic acids is 3. The maximum Gasteiger partial charge on any atom is 0.341 e. The van der Waals surface area contributed by atoms with Crippen molar-refractivity contribution in [2.45, 2.75) is 11.1 Å². The molecule has 12 heteroatoms. The summed E-state index contributed by atoms with van der Waals surface area (Å²) < 4.78 is 38.0. The van der Waals surface area contributed by atoms with Gasteiger partial charge in [0.25, 0.3) is 15.9 Å². The fraction of sp³-hybridized carbons (Fsp3) is 0.115. The Kier molecular flexibility index (Phi) is 8.56. The number of sulfonamides is 1. The molecule has 196 valence electrons. The standard InChI is InChI=1S/C26H22N2O7S3/c1-2-34-26(31)23-19(17-9-4-3-5-10-17)16-37-24(23)27-21(29)15-35-25(30)18-11-6-7-12-20(18)28-38(32,33)22-13-8-14-36-22/h3-14,16,28H,2,15H2,1H3,(H,27,29). The van der Waals surface area contributed by atoms with Gasteiger partial charge in [-0.15, -0.1) is 22.7 Å². The van der Waals surface area contributed by atoms with Gasteiger partial charge in [0.05, 0.1) is 17.9 Å². The van der Waals surface area contributed by atoms with Crippen molar-refractivity contribution in [3.05, 3.63) is 88.6 Å². The highest BCUT2D eigenvalue weighted by Crippen LogP contribution is 2.36. The molecule has 2 heterocycles. The maximum absolute atomic E-state index is 12.7. The molecule has 4 rings (SSSR count). The van der Waals surface area contributed by atoms with Crippen molar-refractivity contribution in [2.75, 3.05) is 23.3 Å². The number of hydrogen-bond donors (Lipinski definition) is 2. The minimum absolute atomic E-state index is 0.0154. The number of rotatable bonds is 10. The van der Waals surface area contributed by atoms with Gasteiger partial charge in [0, 0.05) is 10.9 Å². The third-order valence-electron chi connectivity index (χ3n) is 5.09. The minimum Gasteiger partial charge on any atom is -0.462 e. The molecule has 0 atom stereocenters. The summed E-state index contributed by atoms with van der Waals surface area (Å²) in [6.45, 7) is 1.18. The quantitative estimate of drug-likeness (QED) is 0.249. The van der Waals surface area contributed by atoms with E-state index in [2.05, 4.69) is 10.0 Å². The second-order valence-electron chi connectivity index (χ2n) is 7.65. The topological polar surface area (TPSA) is 128 Å². The lowest BCUT2D eigenvalue weighted by atomic mass is 10.0. The van der Waals surface area contributed by atoms with Gasteiger partial charge < -0.3 is 14.8 Å². The summed E-state index contributed by atoms with van der Waals surface area (Å²) in [5, 5.41) is 6.22. The van der Waals surface area contributed by atoms with E-state index in [4.69, 9.17) is 9.47 Å². The van der Waals surface area contributed by atoms with E-state index < -0.39 is 34.5 Å². The predicted molar refractivity (Wildman–Crippen MR) is 146 cm³/mol. The lowest BCUT2D eigenvalue weighted by molar-refractivity contribution is -0.119. The third kappa shape index (κ3) is 6.28. The Labute approximate surface area is 227 Å². The number of hydrogen-bond acceptors (Lipinski definition) is 9. The van der Waals surface area contributed by atoms with Crippen molar-refractivity contribution >= 4 is 61.2 Å². The molecule has 4 aromatic rings. The van der Waals surface area contributed by atoms with Gasteiger partial charge in [0.15, 0.2) is 6.61 Å². The zero-order valence-corrected chi connectivity index (χ0v) is 22.5. The second kappa shape index (κ2) is 12.0. The predicted octanol–water partition coefficient (Wildman–Crippen LogP) is 5.25. The van der Waals surface area contributed by atoms with Crippen LogP contribution in [0.15, 0.2) is 81.7 Å². The van der Waals surface area contributed by atoms with Crippen LogP contribution in [0.2, 0.25) is 0 Å². The first-order valence-corrected chi connectivity index (χ1v) is 14.5. The van der Waals surface area contributed by atoms with E-state index in [1.54, 1.807) is 35.9 Å². The van der Waals surface area contributed by atoms with E-state index in [1.165, 1.54) is 18.2 Å². The Balaban J connectivity index is 1.46. The van der Waals surface area contributed by atoms with E-state index in [0.717, 1.165) is 28.2 Å². The van der Waals surface area contributed by atoms with Gasteiger partial charge in [-0.1, -0.05) is 48.5 Å². The van der Waals surface area contributed by atoms with Crippen molar-refractivity contribution in [1.29, 1.82) is 0 Å². The zero-order chi connectivity index (χ0) is 27.1. The van der Waals surface area contributed by atoms with Crippen LogP contribution in [0.25, 0.3) is 11.1 Å². The summed E-state index contributed by atoms with van der Waals surface area (Å²) in [6.07, 6.45) is 0. The van der Waals surface area contributed by atoms with E-state index in [9.17, 15) is 22.8 Å². The number of esters is 2. The Bertz CT molecular complexity index is 1550. The van der Waals surface area contributed by atoms with Gasteiger partial charge in [-0.25, -0.2) is 18.0 Å². The van der Waals surface area contributed by atoms with Crippen LogP contribution in [0.1, 0.15) is 27.6 Å². The molecular formula is C26H22N2O7S3. The molecule has 0 radical (unpaired) electrons. The van der Waals surface area contributed by atoms with E-state index >= 15 is 0 Å². The van der Waals surface area contributed by atoms with E-state index in [1.807, 2.05) is 30.3 Å². The molecule has 38 heavy (non-hydrogen) atoms. The van der Waals surface area contributed by atoms with Gasteiger partial charge in [-0.05, 0) is 36.1 Å². The monoisotopic (exact) mass is 570 g/mol. The molecule has 2 N–H and O–H groups in total. The minimum atomic E-state index is -3.90. The van der Waals surface area contributed by atoms with Crippen LogP contribution in [-0.4, -0.2) is 39.5 Å². The summed E-state index contributed by atoms with van der Waals surface area (Å²) >= 11 is 2.18. The van der Waals surface area contributed by atoms with Crippen molar-refractivity contribution in [3.63, 3.8) is 0 Å². The summed E-state index contributed by atoms with van der Waals surface area (Å²) in [5.74, 6) is -2.17. The van der Waals surface area contributed by atoms with Crippen molar-refractivity contribution in [3.8, 4) is 11.1 Å². The van der Waals surface area contributed by atoms with E-state index in [0.29, 0.717) is 5.56 Å². The molecule has 0 aliphatic heterocycles. The summed E-state index contributed by atoms with van der Waals surface area (Å²) in [4.78, 5) is 38.1. The molecule has 2 aromatic heterocycles. The Hall–Kier alpha value is -4.00. The molecule has 0 unspecified atom stereocenters. The van der Waals surface area contributed by atoms with Crippen LogP contribution in [0.4, 0.5) is 10.7 Å². The Morgan fingerprint density at radius 2 is 1.61 bits per heavy atom. The highest BCUT2D eigenvalue weighted by Gasteiger charge is 2.24. The highest BCUT2D eigenvalue weighted by molar-refractivity contribution is 7.94. The molecule has 0 saturated heterocycles. The smallest absolute Gasteiger partial charge is 0.341 e. The summed E-state index contributed by atoms with van der Waals surface area (Å²) in [6, 6.07) is 18.1. The number of anilines is 2. The molecule has 0 aliphatic carbocycles. The first-order valence-electron chi connectivity index (χ1n) is 11.3. The zero-order valence-electron chi connectivity index (χ0n) is 20.0. The lowest BCUT2D eigenvalue weighted by Gasteiger charge is -2.12. The molecule has 0 saturated carbocycles. The highest BCUT2D eigenvalue weighted by atomic mass is 32.2. The Morgan fingerprint density at radius 1 is 0.868 bits per heavy atom. The van der Waals surface area contributed by atoms with Crippen molar-refractivity contribution < 1.29 is 32.3 Å². The largest absolute Gasteiger partial charge is 0.462 e. The molecule has 2 aromatic carbocycles. The fourth-order valence-corrected chi connectivity index (χ4v) is 6.47. The van der Waals surface area contributed by atoms with Crippen LogP contribution in [0, 0.1) is 0 Å². The molecule has 0 bridgehead atoms. The van der Waals surface area contributed by atoms with Crippen LogP contribution >= 0.6 is 22.7 Å². The number of ether oxygens (including phenoxy) is 2. The average molecular weight is 571 g/mol. The number of nitrogens with one attached hydrogen (secondary N) is 2. The third-order valence-corrected chi connectivity index (χ3v) is 8.75. The SMILES string of the molecule is CCOC(=O)c1c(-c2ccccc2)csc1NC(=O)COC(=O)c1ccccc1NS(=O)(=O)c1cccs1. The molecular weight excluding hydrogens is 548 g/mol. The second-order valence-corrected chi connectivity index (χ2v) is 11.4. The molecule has 1 amide bonds. The van der Waals surface area contributed by atoms with Crippen molar-refractivity contribution in [2.24, 2.45) is 0 Å². The average Bonchev–Trinajstić information content (AvgIpc) is 3.59. The van der Waals surface area contributed by atoms with Crippen LogP contribution < -0.4 is 10.0 Å². The molecule has 0 aliphatic rings. The first kappa shape index (κ1) is 27.0. The first-order chi connectivity index (χ1) is 18.3. The van der Waals surface area contributed by atoms with Crippen LogP contribution in [-0.2, 0) is 24.3 Å². The lowest BCUT2D eigenvalue weighted by Crippen LogP contribution is -2.22. The summed E-state index contributed by atoms with van der Waals surface area (Å²) in [5.41, 5.74) is 1.54. The van der Waals surface area contributed by atoms with Gasteiger partial charge in [-0.2, -0.15) is 0 Å². The fourth-order valence-electron chi connectivity index (χ4n) is 3.42. The number of para-hydroxylation sites is 1. The molecule has 0 spiro atoms. The van der Waals surface area contributed by atoms with Crippen LogP contribution in [0.3, 0.4) is 0 Å². The molecule has 0 fully saturated rings. The van der Waals surface area contributed by atoms with E-state index in [-0.39, 0.29) is 32.6 Å². The normalized spacial score (nSPS) is 11.0. The number of carbonyl (C=O) groups is 3. The van der Waals surface area contributed by atoms with Crippen molar-refractivity contribution in [1.82, 2.24) is 0 Å². The van der Waals surface area contributed by atoms with Crippen LogP contribution in [0.5, 0.6) is 0 Å². The number of benzene rings is 2. The number of amides is 1. The van der Waals surface area contributed by atoms with Gasteiger partial charge in [0.2, 0.25) is 0 Å². The Morgan fingerprint density at radius 3 is 2.32 bits per heavy atom. The van der Waals surface area contributed by atoms with Gasteiger partial charge in [-0.3, -0.25) is 9.52 Å².